The van der Waals surface area contributed by atoms with Gasteiger partial charge in [-0.25, -0.2) is 0 Å². The predicted octanol–water partition coefficient (Wildman–Crippen LogP) is 1.66. The summed E-state index contributed by atoms with van der Waals surface area (Å²) >= 11 is 0. The molecule has 1 aromatic carbocycles. The summed E-state index contributed by atoms with van der Waals surface area (Å²) in [7, 11) is 0. The summed E-state index contributed by atoms with van der Waals surface area (Å²) in [6, 6.07) is 5.12. The molecule has 1 N–H and O–H groups in total. The molecular formula is C16H20N2O4. The van der Waals surface area contributed by atoms with Gasteiger partial charge in [0.25, 0.3) is 11.8 Å². The van der Waals surface area contributed by atoms with Crippen molar-refractivity contribution in [1.29, 1.82) is 0 Å². The molecule has 0 aromatic heterocycles. The molecule has 1 fully saturated rings. The zero-order valence-corrected chi connectivity index (χ0v) is 13.0. The number of amides is 2. The number of hydrogen-bond donors (Lipinski definition) is 1. The van der Waals surface area contributed by atoms with Crippen molar-refractivity contribution in [3.63, 3.8) is 0 Å². The Labute approximate surface area is 129 Å². The number of ether oxygens (including phenoxy) is 2. The van der Waals surface area contributed by atoms with E-state index in [1.807, 2.05) is 20.8 Å². The molecule has 118 valence electrons. The number of benzene rings is 1. The quantitative estimate of drug-likeness (QED) is 0.857. The van der Waals surface area contributed by atoms with Gasteiger partial charge in [0.05, 0.1) is 17.4 Å². The number of carbonyl (C=O) groups is 2. The van der Waals surface area contributed by atoms with E-state index in [0.717, 1.165) is 0 Å². The first kappa shape index (κ1) is 14.8. The van der Waals surface area contributed by atoms with Crippen molar-refractivity contribution in [1.82, 2.24) is 4.90 Å². The molecule has 0 radical (unpaired) electrons. The Morgan fingerprint density at radius 1 is 1.41 bits per heavy atom. The summed E-state index contributed by atoms with van der Waals surface area (Å²) < 4.78 is 11.1. The maximum atomic E-state index is 12.7. The average molecular weight is 304 g/mol. The zero-order chi connectivity index (χ0) is 15.9. The second-order valence-electron chi connectivity index (χ2n) is 6.42. The van der Waals surface area contributed by atoms with Crippen molar-refractivity contribution in [3.05, 3.63) is 23.8 Å². The number of nitrogens with one attached hydrogen (secondary N) is 1. The normalized spacial score (nSPS) is 23.3. The molecule has 6 heteroatoms. The molecule has 2 amide bonds. The van der Waals surface area contributed by atoms with Crippen LogP contribution in [-0.2, 0) is 9.53 Å². The summed E-state index contributed by atoms with van der Waals surface area (Å²) in [5.74, 6) is 0.316. The Bertz CT molecular complexity index is 627. The Kier molecular flexibility index (Phi) is 3.56. The van der Waals surface area contributed by atoms with Crippen LogP contribution in [0.3, 0.4) is 0 Å². The summed E-state index contributed by atoms with van der Waals surface area (Å²) in [5.41, 5.74) is 0.718. The van der Waals surface area contributed by atoms with Gasteiger partial charge >= 0.3 is 0 Å². The van der Waals surface area contributed by atoms with Crippen LogP contribution >= 0.6 is 0 Å². The van der Waals surface area contributed by atoms with Gasteiger partial charge < -0.3 is 19.7 Å². The SMILES string of the molecule is CC1CN(C(=O)c2ccc3c(c2)NC(=O)CO3)CC(C)(C)O1. The van der Waals surface area contributed by atoms with Crippen LogP contribution < -0.4 is 10.1 Å². The highest BCUT2D eigenvalue weighted by molar-refractivity contribution is 5.99. The van der Waals surface area contributed by atoms with E-state index in [1.54, 1.807) is 23.1 Å². The Hall–Kier alpha value is -2.08. The molecule has 22 heavy (non-hydrogen) atoms. The predicted molar refractivity (Wildman–Crippen MR) is 81.1 cm³/mol. The van der Waals surface area contributed by atoms with Gasteiger partial charge in [0, 0.05) is 18.7 Å². The van der Waals surface area contributed by atoms with Crippen LogP contribution in [0.4, 0.5) is 5.69 Å². The van der Waals surface area contributed by atoms with E-state index in [0.29, 0.717) is 30.1 Å². The van der Waals surface area contributed by atoms with Gasteiger partial charge in [-0.3, -0.25) is 9.59 Å². The number of rotatable bonds is 1. The number of anilines is 1. The lowest BCUT2D eigenvalue weighted by atomic mass is 10.0. The second kappa shape index (κ2) is 5.28. The molecule has 6 nitrogen and oxygen atoms in total. The molecule has 0 bridgehead atoms. The third-order valence-electron chi connectivity index (χ3n) is 3.72. The van der Waals surface area contributed by atoms with Gasteiger partial charge in [0.2, 0.25) is 0 Å². The molecule has 1 saturated heterocycles. The summed E-state index contributed by atoms with van der Waals surface area (Å²) in [6.45, 7) is 7.02. The van der Waals surface area contributed by atoms with E-state index in [-0.39, 0.29) is 30.1 Å². The molecule has 1 atom stereocenters. The second-order valence-corrected chi connectivity index (χ2v) is 6.42. The van der Waals surface area contributed by atoms with Crippen LogP contribution in [0.2, 0.25) is 0 Å². The highest BCUT2D eigenvalue weighted by Gasteiger charge is 2.34. The van der Waals surface area contributed by atoms with Gasteiger partial charge in [-0.05, 0) is 39.0 Å². The van der Waals surface area contributed by atoms with Gasteiger partial charge in [-0.1, -0.05) is 0 Å². The highest BCUT2D eigenvalue weighted by atomic mass is 16.5. The summed E-state index contributed by atoms with van der Waals surface area (Å²) in [4.78, 5) is 25.9. The standard InChI is InChI=1S/C16H20N2O4/c1-10-7-18(9-16(2,3)22-10)15(20)11-4-5-13-12(6-11)17-14(19)8-21-13/h4-6,10H,7-9H2,1-3H3,(H,17,19). The third kappa shape index (κ3) is 2.92. The maximum Gasteiger partial charge on any atom is 0.262 e. The smallest absolute Gasteiger partial charge is 0.262 e. The van der Waals surface area contributed by atoms with Crippen molar-refractivity contribution in [2.24, 2.45) is 0 Å². The lowest BCUT2D eigenvalue weighted by Crippen LogP contribution is -2.53. The van der Waals surface area contributed by atoms with E-state index < -0.39 is 0 Å². The van der Waals surface area contributed by atoms with Crippen molar-refractivity contribution >= 4 is 17.5 Å². The summed E-state index contributed by atoms with van der Waals surface area (Å²) in [5, 5.41) is 2.72. The van der Waals surface area contributed by atoms with Crippen molar-refractivity contribution in [2.45, 2.75) is 32.5 Å². The fourth-order valence-electron chi connectivity index (χ4n) is 3.01. The fourth-order valence-corrected chi connectivity index (χ4v) is 3.01. The van der Waals surface area contributed by atoms with Crippen LogP contribution in [0.5, 0.6) is 5.75 Å². The van der Waals surface area contributed by atoms with Crippen LogP contribution in [0.15, 0.2) is 18.2 Å². The van der Waals surface area contributed by atoms with Gasteiger partial charge in [0.15, 0.2) is 6.61 Å². The first-order valence-electron chi connectivity index (χ1n) is 7.38. The molecule has 1 aromatic rings. The van der Waals surface area contributed by atoms with Gasteiger partial charge in [0.1, 0.15) is 5.75 Å². The maximum absolute atomic E-state index is 12.7. The lowest BCUT2D eigenvalue weighted by Gasteiger charge is -2.41. The molecular weight excluding hydrogens is 284 g/mol. The minimum absolute atomic E-state index is 0.00615. The van der Waals surface area contributed by atoms with Crippen LogP contribution in [-0.4, -0.2) is 48.1 Å². The van der Waals surface area contributed by atoms with Crippen molar-refractivity contribution in [3.8, 4) is 5.75 Å². The van der Waals surface area contributed by atoms with Gasteiger partial charge in [-0.2, -0.15) is 0 Å². The fraction of sp³-hybridized carbons (Fsp3) is 0.500. The lowest BCUT2D eigenvalue weighted by molar-refractivity contribution is -0.119. The van der Waals surface area contributed by atoms with Crippen molar-refractivity contribution < 1.29 is 19.1 Å². The van der Waals surface area contributed by atoms with E-state index in [9.17, 15) is 9.59 Å². The molecule has 0 spiro atoms. The van der Waals surface area contributed by atoms with Gasteiger partial charge in [-0.15, -0.1) is 0 Å². The van der Waals surface area contributed by atoms with E-state index in [4.69, 9.17) is 9.47 Å². The first-order valence-corrected chi connectivity index (χ1v) is 7.38. The molecule has 2 aliphatic rings. The van der Waals surface area contributed by atoms with E-state index in [2.05, 4.69) is 5.32 Å². The largest absolute Gasteiger partial charge is 0.482 e. The summed E-state index contributed by atoms with van der Waals surface area (Å²) in [6.07, 6.45) is -0.00615. The van der Waals surface area contributed by atoms with E-state index in [1.165, 1.54) is 0 Å². The number of fused-ring (bicyclic) bond motifs is 1. The Balaban J connectivity index is 1.83. The molecule has 2 aliphatic heterocycles. The zero-order valence-electron chi connectivity index (χ0n) is 13.0. The number of morpholine rings is 1. The molecule has 2 heterocycles. The number of hydrogen-bond acceptors (Lipinski definition) is 4. The minimum Gasteiger partial charge on any atom is -0.482 e. The highest BCUT2D eigenvalue weighted by Crippen LogP contribution is 2.30. The molecule has 0 aliphatic carbocycles. The van der Waals surface area contributed by atoms with Crippen molar-refractivity contribution in [2.75, 3.05) is 25.0 Å². The van der Waals surface area contributed by atoms with Crippen LogP contribution in [0.25, 0.3) is 0 Å². The Morgan fingerprint density at radius 3 is 2.91 bits per heavy atom. The minimum atomic E-state index is -0.362. The topological polar surface area (TPSA) is 67.9 Å². The number of nitrogens with zero attached hydrogens (tertiary/aromatic N) is 1. The first-order chi connectivity index (χ1) is 10.3. The van der Waals surface area contributed by atoms with Crippen LogP contribution in [0.1, 0.15) is 31.1 Å². The third-order valence-corrected chi connectivity index (χ3v) is 3.72. The Morgan fingerprint density at radius 2 is 2.18 bits per heavy atom. The molecule has 3 rings (SSSR count). The molecule has 1 unspecified atom stereocenters. The average Bonchev–Trinajstić information content (AvgIpc) is 2.43. The molecule has 0 saturated carbocycles. The number of carbonyl (C=O) groups excluding carboxylic acids is 2. The monoisotopic (exact) mass is 304 g/mol. The van der Waals surface area contributed by atoms with Crippen LogP contribution in [0, 0.1) is 0 Å². The van der Waals surface area contributed by atoms with E-state index >= 15 is 0 Å².